The third-order valence-corrected chi connectivity index (χ3v) is 5.60. The van der Waals surface area contributed by atoms with E-state index in [9.17, 15) is 14.4 Å². The lowest BCUT2D eigenvalue weighted by molar-refractivity contribution is -0.136. The minimum Gasteiger partial charge on any atom is -0.464 e. The zero-order chi connectivity index (χ0) is 21.7. The Morgan fingerprint density at radius 2 is 1.80 bits per heavy atom. The van der Waals surface area contributed by atoms with Gasteiger partial charge in [-0.3, -0.25) is 14.3 Å². The number of nitrogens with zero attached hydrogens (tertiary/aromatic N) is 2. The van der Waals surface area contributed by atoms with Gasteiger partial charge in [-0.15, -0.1) is 0 Å². The lowest BCUT2D eigenvalue weighted by Crippen LogP contribution is -2.44. The van der Waals surface area contributed by atoms with E-state index in [1.807, 2.05) is 24.3 Å². The molecule has 0 bridgehead atoms. The van der Waals surface area contributed by atoms with E-state index in [1.54, 1.807) is 7.05 Å². The SMILES string of the molecule is COC(=O)c1cc(NC(=O)C(=O)NC2CCCCCC2c2ccc(Cl)cc2)nn1C. The van der Waals surface area contributed by atoms with E-state index in [1.165, 1.54) is 17.9 Å². The molecule has 1 aromatic carbocycles. The van der Waals surface area contributed by atoms with Gasteiger partial charge in [-0.2, -0.15) is 5.10 Å². The van der Waals surface area contributed by atoms with E-state index in [0.717, 1.165) is 37.7 Å². The second-order valence-corrected chi connectivity index (χ2v) is 7.80. The second-order valence-electron chi connectivity index (χ2n) is 7.36. The topological polar surface area (TPSA) is 102 Å². The number of ether oxygens (including phenoxy) is 1. The van der Waals surface area contributed by atoms with Crippen molar-refractivity contribution in [1.82, 2.24) is 15.1 Å². The van der Waals surface area contributed by atoms with Crippen molar-refractivity contribution in [1.29, 1.82) is 0 Å². The molecule has 0 spiro atoms. The number of benzene rings is 1. The van der Waals surface area contributed by atoms with Crippen LogP contribution in [0.3, 0.4) is 0 Å². The minimum atomic E-state index is -0.830. The first-order valence-electron chi connectivity index (χ1n) is 9.88. The Labute approximate surface area is 179 Å². The standard InChI is InChI=1S/C21H25ClN4O4/c1-26-17(21(29)30-2)12-18(25-26)24-20(28)19(27)23-16-7-5-3-4-6-15(16)13-8-10-14(22)11-9-13/h8-12,15-16H,3-7H2,1-2H3,(H,23,27)(H,24,25,28). The first-order valence-corrected chi connectivity index (χ1v) is 10.3. The maximum Gasteiger partial charge on any atom is 0.356 e. The van der Waals surface area contributed by atoms with Crippen LogP contribution in [0.15, 0.2) is 30.3 Å². The molecule has 1 saturated carbocycles. The summed E-state index contributed by atoms with van der Waals surface area (Å²) in [6.45, 7) is 0. The monoisotopic (exact) mass is 432 g/mol. The van der Waals surface area contributed by atoms with Crippen molar-refractivity contribution in [3.63, 3.8) is 0 Å². The number of aromatic nitrogens is 2. The number of nitrogens with one attached hydrogen (secondary N) is 2. The highest BCUT2D eigenvalue weighted by Crippen LogP contribution is 2.32. The smallest absolute Gasteiger partial charge is 0.356 e. The third-order valence-electron chi connectivity index (χ3n) is 5.35. The Kier molecular flexibility index (Phi) is 7.10. The van der Waals surface area contributed by atoms with Gasteiger partial charge in [-0.05, 0) is 30.5 Å². The van der Waals surface area contributed by atoms with Gasteiger partial charge in [0.05, 0.1) is 7.11 Å². The van der Waals surface area contributed by atoms with Crippen molar-refractivity contribution in [3.05, 3.63) is 46.6 Å². The van der Waals surface area contributed by atoms with Gasteiger partial charge in [-0.25, -0.2) is 4.79 Å². The van der Waals surface area contributed by atoms with Crippen LogP contribution in [0.4, 0.5) is 5.82 Å². The molecule has 30 heavy (non-hydrogen) atoms. The number of methoxy groups -OCH3 is 1. The summed E-state index contributed by atoms with van der Waals surface area (Å²) in [5.74, 6) is -1.93. The summed E-state index contributed by atoms with van der Waals surface area (Å²) in [5, 5.41) is 10.0. The van der Waals surface area contributed by atoms with Gasteiger partial charge in [0, 0.05) is 30.1 Å². The van der Waals surface area contributed by atoms with E-state index < -0.39 is 17.8 Å². The van der Waals surface area contributed by atoms with Gasteiger partial charge in [-0.1, -0.05) is 43.0 Å². The highest BCUT2D eigenvalue weighted by molar-refractivity contribution is 6.39. The maximum absolute atomic E-state index is 12.6. The Balaban J connectivity index is 1.68. The summed E-state index contributed by atoms with van der Waals surface area (Å²) in [6, 6.07) is 8.83. The average molecular weight is 433 g/mol. The first-order chi connectivity index (χ1) is 14.4. The van der Waals surface area contributed by atoms with Crippen molar-refractivity contribution < 1.29 is 19.1 Å². The number of hydrogen-bond acceptors (Lipinski definition) is 5. The Morgan fingerprint density at radius 3 is 2.50 bits per heavy atom. The van der Waals surface area contributed by atoms with Crippen molar-refractivity contribution in [3.8, 4) is 0 Å². The molecule has 1 heterocycles. The van der Waals surface area contributed by atoms with Crippen LogP contribution in [0.5, 0.6) is 0 Å². The lowest BCUT2D eigenvalue weighted by Gasteiger charge is -2.26. The Hall–Kier alpha value is -2.87. The number of carbonyl (C=O) groups excluding carboxylic acids is 3. The van der Waals surface area contributed by atoms with Crippen molar-refractivity contribution in [2.45, 2.75) is 44.1 Å². The molecule has 160 valence electrons. The fourth-order valence-electron chi connectivity index (χ4n) is 3.82. The summed E-state index contributed by atoms with van der Waals surface area (Å²) >= 11 is 6.00. The molecule has 2 unspecified atom stereocenters. The van der Waals surface area contributed by atoms with Crippen LogP contribution in [0.2, 0.25) is 5.02 Å². The van der Waals surface area contributed by atoms with Gasteiger partial charge in [0.1, 0.15) is 5.69 Å². The van der Waals surface area contributed by atoms with E-state index in [-0.39, 0.29) is 23.5 Å². The number of esters is 1. The lowest BCUT2D eigenvalue weighted by atomic mass is 9.87. The molecule has 2 atom stereocenters. The average Bonchev–Trinajstić information content (AvgIpc) is 2.94. The molecule has 0 saturated heterocycles. The van der Waals surface area contributed by atoms with Crippen LogP contribution in [-0.4, -0.2) is 40.7 Å². The number of rotatable bonds is 4. The van der Waals surface area contributed by atoms with Crippen LogP contribution in [0.25, 0.3) is 0 Å². The Bertz CT molecular complexity index is 926. The van der Waals surface area contributed by atoms with Crippen LogP contribution in [0, 0.1) is 0 Å². The highest BCUT2D eigenvalue weighted by atomic mass is 35.5. The number of hydrogen-bond donors (Lipinski definition) is 2. The van der Waals surface area contributed by atoms with Gasteiger partial charge in [0.25, 0.3) is 0 Å². The molecule has 0 aliphatic heterocycles. The zero-order valence-corrected chi connectivity index (χ0v) is 17.7. The molecule has 8 nitrogen and oxygen atoms in total. The van der Waals surface area contributed by atoms with Gasteiger partial charge >= 0.3 is 17.8 Å². The fourth-order valence-corrected chi connectivity index (χ4v) is 3.95. The number of carbonyl (C=O) groups is 3. The number of anilines is 1. The molecule has 9 heteroatoms. The molecule has 1 aliphatic rings. The third kappa shape index (κ3) is 5.18. The molecule has 1 aromatic heterocycles. The highest BCUT2D eigenvalue weighted by Gasteiger charge is 2.29. The molecular formula is C21H25ClN4O4. The van der Waals surface area contributed by atoms with Crippen molar-refractivity contribution in [2.24, 2.45) is 7.05 Å². The summed E-state index contributed by atoms with van der Waals surface area (Å²) in [7, 11) is 2.80. The molecule has 3 rings (SSSR count). The second kappa shape index (κ2) is 9.75. The zero-order valence-electron chi connectivity index (χ0n) is 17.0. The predicted octanol–water partition coefficient (Wildman–Crippen LogP) is 3.03. The molecule has 2 aromatic rings. The van der Waals surface area contributed by atoms with Gasteiger partial charge < -0.3 is 15.4 Å². The van der Waals surface area contributed by atoms with Crippen LogP contribution >= 0.6 is 11.6 Å². The molecule has 1 fully saturated rings. The first kappa shape index (κ1) is 21.8. The summed E-state index contributed by atoms with van der Waals surface area (Å²) in [4.78, 5) is 36.7. The quantitative estimate of drug-likeness (QED) is 0.439. The number of amides is 2. The minimum absolute atomic E-state index is 0.105. The molecule has 1 aliphatic carbocycles. The largest absolute Gasteiger partial charge is 0.464 e. The maximum atomic E-state index is 12.6. The Morgan fingerprint density at radius 1 is 1.10 bits per heavy atom. The van der Waals surface area contributed by atoms with E-state index >= 15 is 0 Å². The number of halogens is 1. The van der Waals surface area contributed by atoms with E-state index in [0.29, 0.717) is 5.02 Å². The molecular weight excluding hydrogens is 408 g/mol. The van der Waals surface area contributed by atoms with E-state index in [2.05, 4.69) is 20.5 Å². The fraction of sp³-hybridized carbons (Fsp3) is 0.429. The van der Waals surface area contributed by atoms with E-state index in [4.69, 9.17) is 11.6 Å². The van der Waals surface area contributed by atoms with Crippen LogP contribution < -0.4 is 10.6 Å². The van der Waals surface area contributed by atoms with Crippen molar-refractivity contribution in [2.75, 3.05) is 12.4 Å². The van der Waals surface area contributed by atoms with Gasteiger partial charge in [0.2, 0.25) is 0 Å². The molecule has 2 amide bonds. The van der Waals surface area contributed by atoms with Gasteiger partial charge in [0.15, 0.2) is 5.82 Å². The number of aryl methyl sites for hydroxylation is 1. The summed E-state index contributed by atoms with van der Waals surface area (Å²) < 4.78 is 5.94. The molecule has 2 N–H and O–H groups in total. The van der Waals surface area contributed by atoms with Crippen LogP contribution in [0.1, 0.15) is 54.1 Å². The predicted molar refractivity (Wildman–Crippen MR) is 112 cm³/mol. The normalized spacial score (nSPS) is 18.9. The van der Waals surface area contributed by atoms with Crippen molar-refractivity contribution >= 4 is 35.2 Å². The van der Waals surface area contributed by atoms with Crippen LogP contribution in [-0.2, 0) is 21.4 Å². The molecule has 0 radical (unpaired) electrons. The summed E-state index contributed by atoms with van der Waals surface area (Å²) in [5.41, 5.74) is 1.26. The summed E-state index contributed by atoms with van der Waals surface area (Å²) in [6.07, 6.45) is 4.86.